The highest BCUT2D eigenvalue weighted by molar-refractivity contribution is 5.73. The van der Waals surface area contributed by atoms with Gasteiger partial charge < -0.3 is 29.9 Å². The van der Waals surface area contributed by atoms with Gasteiger partial charge in [0.15, 0.2) is 12.4 Å². The van der Waals surface area contributed by atoms with Crippen molar-refractivity contribution in [2.75, 3.05) is 0 Å². The van der Waals surface area contributed by atoms with Crippen LogP contribution in [0.3, 0.4) is 0 Å². The van der Waals surface area contributed by atoms with E-state index in [2.05, 4.69) is 0 Å². The third-order valence-electron chi connectivity index (χ3n) is 3.07. The van der Waals surface area contributed by atoms with E-state index in [-0.39, 0.29) is 6.61 Å². The second-order valence-electron chi connectivity index (χ2n) is 4.53. The smallest absolute Gasteiger partial charge is 0.335 e. The van der Waals surface area contributed by atoms with E-state index in [1.165, 1.54) is 0 Å². The van der Waals surface area contributed by atoms with Crippen LogP contribution in [0.5, 0.6) is 0 Å². The molecular weight excluding hydrogens is 268 g/mol. The number of benzene rings is 1. The van der Waals surface area contributed by atoms with Gasteiger partial charge in [-0.15, -0.1) is 0 Å². The molecule has 0 spiro atoms. The summed E-state index contributed by atoms with van der Waals surface area (Å²) in [4.78, 5) is 10.9. The van der Waals surface area contributed by atoms with Crippen molar-refractivity contribution in [1.29, 1.82) is 0 Å². The van der Waals surface area contributed by atoms with Crippen molar-refractivity contribution < 1.29 is 34.7 Å². The quantitative estimate of drug-likeness (QED) is 0.566. The van der Waals surface area contributed by atoms with E-state index in [1.807, 2.05) is 6.07 Å². The summed E-state index contributed by atoms with van der Waals surface area (Å²) in [6.45, 7) is 0.0811. The molecule has 2 rings (SSSR count). The molecule has 0 aliphatic carbocycles. The molecule has 1 aromatic carbocycles. The highest BCUT2D eigenvalue weighted by Gasteiger charge is 2.47. The van der Waals surface area contributed by atoms with Gasteiger partial charge in [0.1, 0.15) is 18.3 Å². The summed E-state index contributed by atoms with van der Waals surface area (Å²) in [7, 11) is 0. The van der Waals surface area contributed by atoms with Gasteiger partial charge in [-0.2, -0.15) is 0 Å². The average Bonchev–Trinajstić information content (AvgIpc) is 2.45. The van der Waals surface area contributed by atoms with Gasteiger partial charge in [-0.3, -0.25) is 0 Å². The summed E-state index contributed by atoms with van der Waals surface area (Å²) >= 11 is 0. The number of carboxylic acid groups (broad SMARTS) is 1. The van der Waals surface area contributed by atoms with Crippen LogP contribution in [0.1, 0.15) is 5.56 Å². The molecule has 0 amide bonds. The number of hydrogen-bond acceptors (Lipinski definition) is 6. The van der Waals surface area contributed by atoms with Crippen LogP contribution in [0.4, 0.5) is 0 Å². The summed E-state index contributed by atoms with van der Waals surface area (Å²) < 4.78 is 10.3. The van der Waals surface area contributed by atoms with E-state index in [9.17, 15) is 20.1 Å². The normalized spacial score (nSPS) is 33.9. The highest BCUT2D eigenvalue weighted by atomic mass is 16.7. The van der Waals surface area contributed by atoms with E-state index in [1.54, 1.807) is 24.3 Å². The minimum absolute atomic E-state index is 0.0811. The Balaban J connectivity index is 2.01. The molecule has 20 heavy (non-hydrogen) atoms. The molecule has 110 valence electrons. The summed E-state index contributed by atoms with van der Waals surface area (Å²) in [6.07, 6.45) is -7.85. The molecule has 1 aromatic rings. The van der Waals surface area contributed by atoms with Crippen molar-refractivity contribution >= 4 is 5.97 Å². The fourth-order valence-corrected chi connectivity index (χ4v) is 1.94. The van der Waals surface area contributed by atoms with Crippen molar-refractivity contribution in [3.63, 3.8) is 0 Å². The monoisotopic (exact) mass is 284 g/mol. The van der Waals surface area contributed by atoms with Crippen LogP contribution in [0, 0.1) is 0 Å². The number of carboxylic acids is 1. The molecule has 7 nitrogen and oxygen atoms in total. The zero-order valence-corrected chi connectivity index (χ0v) is 10.5. The highest BCUT2D eigenvalue weighted by Crippen LogP contribution is 2.23. The first-order valence-electron chi connectivity index (χ1n) is 6.08. The van der Waals surface area contributed by atoms with Crippen LogP contribution in [0.15, 0.2) is 30.3 Å². The maximum Gasteiger partial charge on any atom is 0.335 e. The lowest BCUT2D eigenvalue weighted by Gasteiger charge is -2.38. The summed E-state index contributed by atoms with van der Waals surface area (Å²) in [6, 6.07) is 9.01. The van der Waals surface area contributed by atoms with Crippen LogP contribution < -0.4 is 0 Å². The molecule has 0 radical (unpaired) electrons. The largest absolute Gasteiger partial charge is 0.479 e. The molecule has 0 unspecified atom stereocenters. The molecule has 1 aliphatic heterocycles. The Morgan fingerprint density at radius 3 is 2.35 bits per heavy atom. The van der Waals surface area contributed by atoms with E-state index in [0.717, 1.165) is 5.56 Å². The first kappa shape index (κ1) is 14.9. The fraction of sp³-hybridized carbons (Fsp3) is 0.462. The lowest BCUT2D eigenvalue weighted by atomic mass is 9.99. The Kier molecular flexibility index (Phi) is 4.69. The van der Waals surface area contributed by atoms with E-state index in [0.29, 0.717) is 0 Å². The van der Waals surface area contributed by atoms with Gasteiger partial charge in [0.05, 0.1) is 6.61 Å². The summed E-state index contributed by atoms with van der Waals surface area (Å²) in [5.41, 5.74) is 0.802. The van der Waals surface area contributed by atoms with Crippen molar-refractivity contribution in [3.05, 3.63) is 35.9 Å². The zero-order valence-electron chi connectivity index (χ0n) is 10.5. The first-order valence-corrected chi connectivity index (χ1v) is 6.08. The molecule has 5 atom stereocenters. The zero-order chi connectivity index (χ0) is 14.7. The molecule has 4 N–H and O–H groups in total. The van der Waals surface area contributed by atoms with Crippen molar-refractivity contribution in [3.8, 4) is 0 Å². The van der Waals surface area contributed by atoms with Crippen molar-refractivity contribution in [2.45, 2.75) is 37.3 Å². The summed E-state index contributed by atoms with van der Waals surface area (Å²) in [5.74, 6) is -1.43. The predicted molar refractivity (Wildman–Crippen MR) is 65.5 cm³/mol. The van der Waals surface area contributed by atoms with Crippen molar-refractivity contribution in [2.24, 2.45) is 0 Å². The van der Waals surface area contributed by atoms with E-state index < -0.39 is 36.7 Å². The summed E-state index contributed by atoms with van der Waals surface area (Å²) in [5, 5.41) is 37.7. The minimum Gasteiger partial charge on any atom is -0.479 e. The molecular formula is C13H16O7. The number of aliphatic carboxylic acids is 1. The number of aliphatic hydroxyl groups excluding tert-OH is 3. The van der Waals surface area contributed by atoms with Crippen LogP contribution in [-0.2, 0) is 20.9 Å². The number of hydrogen-bond donors (Lipinski definition) is 4. The molecule has 0 bridgehead atoms. The van der Waals surface area contributed by atoms with Crippen LogP contribution in [0.2, 0.25) is 0 Å². The van der Waals surface area contributed by atoms with Gasteiger partial charge in [-0.1, -0.05) is 30.3 Å². The number of aliphatic hydroxyl groups is 3. The van der Waals surface area contributed by atoms with Gasteiger partial charge in [0.2, 0.25) is 0 Å². The van der Waals surface area contributed by atoms with E-state index in [4.69, 9.17) is 14.6 Å². The number of carbonyl (C=O) groups is 1. The van der Waals surface area contributed by atoms with Crippen LogP contribution in [-0.4, -0.2) is 57.1 Å². The number of rotatable bonds is 4. The lowest BCUT2D eigenvalue weighted by molar-refractivity contribution is -0.297. The third-order valence-corrected chi connectivity index (χ3v) is 3.07. The standard InChI is InChI=1S/C13H16O7/c14-8-9(15)11(12(17)18)20-13(10(8)16)19-6-7-4-2-1-3-5-7/h1-5,8-11,13-16H,6H2,(H,17,18)/t8-,9+,10+,11-,13+/m0/s1. The fourth-order valence-electron chi connectivity index (χ4n) is 1.94. The Morgan fingerprint density at radius 1 is 1.10 bits per heavy atom. The molecule has 0 aromatic heterocycles. The molecule has 7 heteroatoms. The second kappa shape index (κ2) is 6.29. The van der Waals surface area contributed by atoms with Gasteiger partial charge in [0.25, 0.3) is 0 Å². The Labute approximate surface area is 115 Å². The molecule has 0 saturated carbocycles. The maximum atomic E-state index is 10.9. The Morgan fingerprint density at radius 2 is 1.75 bits per heavy atom. The molecule has 1 aliphatic rings. The Hall–Kier alpha value is -1.51. The number of ether oxygens (including phenoxy) is 2. The second-order valence-corrected chi connectivity index (χ2v) is 4.53. The van der Waals surface area contributed by atoms with Crippen LogP contribution in [0.25, 0.3) is 0 Å². The van der Waals surface area contributed by atoms with Gasteiger partial charge in [-0.05, 0) is 5.56 Å². The van der Waals surface area contributed by atoms with E-state index >= 15 is 0 Å². The predicted octanol–water partition coefficient (Wildman–Crippen LogP) is -0.905. The molecule has 1 heterocycles. The maximum absolute atomic E-state index is 10.9. The molecule has 1 fully saturated rings. The first-order chi connectivity index (χ1) is 9.50. The topological polar surface area (TPSA) is 116 Å². The van der Waals surface area contributed by atoms with Gasteiger partial charge in [-0.25, -0.2) is 4.79 Å². The lowest BCUT2D eigenvalue weighted by Crippen LogP contribution is -2.60. The van der Waals surface area contributed by atoms with Gasteiger partial charge in [0, 0.05) is 0 Å². The third kappa shape index (κ3) is 3.14. The Bertz CT molecular complexity index is 449. The van der Waals surface area contributed by atoms with Gasteiger partial charge >= 0.3 is 5.97 Å². The minimum atomic E-state index is -1.71. The average molecular weight is 284 g/mol. The van der Waals surface area contributed by atoms with Crippen LogP contribution >= 0.6 is 0 Å². The SMILES string of the molecule is O=C(O)[C@H]1O[C@@H](OCc2ccccc2)[C@H](O)[C@@H](O)[C@H]1O. The molecule has 1 saturated heterocycles. The van der Waals surface area contributed by atoms with Crippen molar-refractivity contribution in [1.82, 2.24) is 0 Å².